The van der Waals surface area contributed by atoms with E-state index in [1.807, 2.05) is 39.0 Å². The van der Waals surface area contributed by atoms with E-state index in [-0.39, 0.29) is 11.8 Å². The second-order valence-electron chi connectivity index (χ2n) is 5.57. The number of hydrogen-bond donors (Lipinski definition) is 2. The van der Waals surface area contributed by atoms with Crippen LogP contribution in [0.5, 0.6) is 0 Å². The first kappa shape index (κ1) is 12.6. The van der Waals surface area contributed by atoms with E-state index >= 15 is 0 Å². The van der Waals surface area contributed by atoms with Gasteiger partial charge in [0.1, 0.15) is 5.82 Å². The van der Waals surface area contributed by atoms with Gasteiger partial charge in [-0.25, -0.2) is 4.98 Å². The van der Waals surface area contributed by atoms with E-state index in [4.69, 9.17) is 5.11 Å². The summed E-state index contributed by atoms with van der Waals surface area (Å²) in [6, 6.07) is 6.00. The van der Waals surface area contributed by atoms with E-state index in [0.29, 0.717) is 6.42 Å². The number of nitrogens with one attached hydrogen (secondary N) is 1. The molecule has 0 spiro atoms. The summed E-state index contributed by atoms with van der Waals surface area (Å²) in [5.41, 5.74) is 2.81. The second kappa shape index (κ2) is 4.44. The number of carbonyl (C=O) groups is 1. The number of carboxylic acids is 1. The maximum Gasteiger partial charge on any atom is 0.303 e. The Morgan fingerprint density at radius 3 is 2.78 bits per heavy atom. The van der Waals surface area contributed by atoms with E-state index in [0.717, 1.165) is 22.4 Å². The third-order valence-electron chi connectivity index (χ3n) is 3.04. The van der Waals surface area contributed by atoms with E-state index in [9.17, 15) is 4.79 Å². The lowest BCUT2D eigenvalue weighted by molar-refractivity contribution is -0.139. The first-order chi connectivity index (χ1) is 8.37. The van der Waals surface area contributed by atoms with Gasteiger partial charge in [0.05, 0.1) is 17.5 Å². The van der Waals surface area contributed by atoms with Crippen molar-refractivity contribution in [2.24, 2.45) is 5.41 Å². The highest BCUT2D eigenvalue weighted by atomic mass is 16.4. The van der Waals surface area contributed by atoms with Crippen LogP contribution in [0.2, 0.25) is 0 Å². The van der Waals surface area contributed by atoms with E-state index in [2.05, 4.69) is 9.97 Å². The van der Waals surface area contributed by atoms with Gasteiger partial charge < -0.3 is 10.1 Å². The van der Waals surface area contributed by atoms with Gasteiger partial charge in [-0.3, -0.25) is 4.79 Å². The van der Waals surface area contributed by atoms with Crippen molar-refractivity contribution in [3.63, 3.8) is 0 Å². The number of carboxylic acid groups (broad SMARTS) is 1. The molecule has 2 N–H and O–H groups in total. The van der Waals surface area contributed by atoms with Gasteiger partial charge >= 0.3 is 5.97 Å². The first-order valence-corrected chi connectivity index (χ1v) is 6.03. The molecule has 18 heavy (non-hydrogen) atoms. The van der Waals surface area contributed by atoms with Crippen LogP contribution in [-0.4, -0.2) is 21.0 Å². The topological polar surface area (TPSA) is 66.0 Å². The molecule has 0 aliphatic heterocycles. The molecule has 2 rings (SSSR count). The van der Waals surface area contributed by atoms with Gasteiger partial charge in [-0.1, -0.05) is 26.0 Å². The Morgan fingerprint density at radius 1 is 1.44 bits per heavy atom. The Hall–Kier alpha value is -1.84. The average Bonchev–Trinajstić information content (AvgIpc) is 2.58. The number of aryl methyl sites for hydroxylation is 1. The number of fused-ring (bicyclic) bond motifs is 1. The van der Waals surface area contributed by atoms with Crippen LogP contribution in [0.4, 0.5) is 0 Å². The molecule has 0 aliphatic rings. The summed E-state index contributed by atoms with van der Waals surface area (Å²) in [5, 5.41) is 8.88. The number of para-hydroxylation sites is 1. The molecule has 96 valence electrons. The Balaban J connectivity index is 2.27. The number of aromatic nitrogens is 2. The predicted octanol–water partition coefficient (Wildman–Crippen LogP) is 2.91. The molecule has 0 saturated carbocycles. The Labute approximate surface area is 106 Å². The zero-order valence-corrected chi connectivity index (χ0v) is 10.9. The van der Waals surface area contributed by atoms with Crippen molar-refractivity contribution < 1.29 is 9.90 Å². The number of nitrogens with zero attached hydrogens (tertiary/aromatic N) is 1. The fraction of sp³-hybridized carbons (Fsp3) is 0.429. The summed E-state index contributed by atoms with van der Waals surface area (Å²) >= 11 is 0. The van der Waals surface area contributed by atoms with Crippen molar-refractivity contribution in [1.82, 2.24) is 9.97 Å². The Morgan fingerprint density at radius 2 is 2.17 bits per heavy atom. The monoisotopic (exact) mass is 246 g/mol. The van der Waals surface area contributed by atoms with Gasteiger partial charge in [-0.2, -0.15) is 0 Å². The van der Waals surface area contributed by atoms with Crippen LogP contribution in [0.3, 0.4) is 0 Å². The molecule has 0 atom stereocenters. The number of H-pyrrole nitrogens is 1. The molecule has 0 unspecified atom stereocenters. The Bertz CT molecular complexity index is 584. The fourth-order valence-electron chi connectivity index (χ4n) is 2.24. The molecule has 1 aromatic carbocycles. The minimum Gasteiger partial charge on any atom is -0.481 e. The van der Waals surface area contributed by atoms with Gasteiger partial charge in [0.25, 0.3) is 0 Å². The van der Waals surface area contributed by atoms with Gasteiger partial charge in [0.2, 0.25) is 0 Å². The van der Waals surface area contributed by atoms with Gasteiger partial charge in [-0.15, -0.1) is 0 Å². The molecular formula is C14H18N2O2. The summed E-state index contributed by atoms with van der Waals surface area (Å²) in [6.07, 6.45) is 0.774. The van der Waals surface area contributed by atoms with E-state index in [1.54, 1.807) is 0 Å². The smallest absolute Gasteiger partial charge is 0.303 e. The molecule has 1 heterocycles. The normalized spacial score (nSPS) is 11.9. The maximum atomic E-state index is 10.8. The number of hydrogen-bond acceptors (Lipinski definition) is 2. The molecule has 0 radical (unpaired) electrons. The number of aromatic amines is 1. The minimum atomic E-state index is -0.771. The molecule has 0 aliphatic carbocycles. The SMILES string of the molecule is Cc1cccc2[nH]c(CC(C)(C)CC(=O)O)nc12. The van der Waals surface area contributed by atoms with Crippen LogP contribution in [0.25, 0.3) is 11.0 Å². The summed E-state index contributed by atoms with van der Waals surface area (Å²) in [4.78, 5) is 18.6. The molecule has 0 amide bonds. The third kappa shape index (κ3) is 2.70. The average molecular weight is 246 g/mol. The van der Waals surface area contributed by atoms with Crippen molar-refractivity contribution in [3.05, 3.63) is 29.6 Å². The van der Waals surface area contributed by atoms with Crippen molar-refractivity contribution in [1.29, 1.82) is 0 Å². The molecule has 4 nitrogen and oxygen atoms in total. The maximum absolute atomic E-state index is 10.8. The summed E-state index contributed by atoms with van der Waals surface area (Å²) in [6.45, 7) is 5.91. The lowest BCUT2D eigenvalue weighted by Crippen LogP contribution is -2.20. The molecule has 0 saturated heterocycles. The molecule has 1 aromatic heterocycles. The van der Waals surface area contributed by atoms with Crippen molar-refractivity contribution in [2.75, 3.05) is 0 Å². The number of rotatable bonds is 4. The highest BCUT2D eigenvalue weighted by Crippen LogP contribution is 2.26. The van der Waals surface area contributed by atoms with Crippen LogP contribution >= 0.6 is 0 Å². The zero-order chi connectivity index (χ0) is 13.3. The lowest BCUT2D eigenvalue weighted by atomic mass is 9.85. The summed E-state index contributed by atoms with van der Waals surface area (Å²) in [5.74, 6) is 0.0813. The van der Waals surface area contributed by atoms with Crippen LogP contribution < -0.4 is 0 Å². The number of imidazole rings is 1. The fourth-order valence-corrected chi connectivity index (χ4v) is 2.24. The highest BCUT2D eigenvalue weighted by Gasteiger charge is 2.23. The van der Waals surface area contributed by atoms with Gasteiger partial charge in [0.15, 0.2) is 0 Å². The van der Waals surface area contributed by atoms with Crippen LogP contribution in [-0.2, 0) is 11.2 Å². The second-order valence-corrected chi connectivity index (χ2v) is 5.57. The molecule has 0 fully saturated rings. The zero-order valence-electron chi connectivity index (χ0n) is 10.9. The highest BCUT2D eigenvalue weighted by molar-refractivity contribution is 5.78. The third-order valence-corrected chi connectivity index (χ3v) is 3.04. The van der Waals surface area contributed by atoms with Gasteiger partial charge in [0, 0.05) is 6.42 Å². The molecule has 0 bridgehead atoms. The lowest BCUT2D eigenvalue weighted by Gasteiger charge is -2.20. The van der Waals surface area contributed by atoms with E-state index < -0.39 is 5.97 Å². The minimum absolute atomic E-state index is 0.142. The summed E-state index contributed by atoms with van der Waals surface area (Å²) < 4.78 is 0. The Kier molecular flexibility index (Phi) is 3.11. The van der Waals surface area contributed by atoms with Crippen LogP contribution in [0.1, 0.15) is 31.7 Å². The van der Waals surface area contributed by atoms with Crippen LogP contribution in [0, 0.1) is 12.3 Å². The molecular weight excluding hydrogens is 228 g/mol. The van der Waals surface area contributed by atoms with Crippen LogP contribution in [0.15, 0.2) is 18.2 Å². The van der Waals surface area contributed by atoms with Crippen molar-refractivity contribution in [2.45, 2.75) is 33.6 Å². The van der Waals surface area contributed by atoms with Gasteiger partial charge in [-0.05, 0) is 24.0 Å². The van der Waals surface area contributed by atoms with E-state index in [1.165, 1.54) is 0 Å². The standard InChI is InChI=1S/C14H18N2O2/c1-9-5-4-6-10-13(9)16-11(15-10)7-14(2,3)8-12(17)18/h4-6H,7-8H2,1-3H3,(H,15,16)(H,17,18). The summed E-state index contributed by atoms with van der Waals surface area (Å²) in [7, 11) is 0. The number of aliphatic carboxylic acids is 1. The number of benzene rings is 1. The van der Waals surface area contributed by atoms with Crippen molar-refractivity contribution >= 4 is 17.0 Å². The first-order valence-electron chi connectivity index (χ1n) is 6.03. The molecule has 4 heteroatoms. The largest absolute Gasteiger partial charge is 0.481 e. The molecule has 2 aromatic rings. The quantitative estimate of drug-likeness (QED) is 0.871. The van der Waals surface area contributed by atoms with Crippen molar-refractivity contribution in [3.8, 4) is 0 Å². The predicted molar refractivity (Wildman–Crippen MR) is 70.6 cm³/mol.